The molecular weight excluding hydrogens is 424 g/mol. The fourth-order valence-corrected chi connectivity index (χ4v) is 4.47. The van der Waals surface area contributed by atoms with E-state index in [4.69, 9.17) is 9.47 Å². The van der Waals surface area contributed by atoms with Gasteiger partial charge in [-0.3, -0.25) is 9.59 Å². The molecule has 0 aromatic rings. The summed E-state index contributed by atoms with van der Waals surface area (Å²) in [7, 11) is 0. The molecule has 2 unspecified atom stereocenters. The Hall–Kier alpha value is -1.06. The van der Waals surface area contributed by atoms with Crippen LogP contribution in [-0.4, -0.2) is 25.2 Å². The number of hydrogen-bond acceptors (Lipinski definition) is 4. The van der Waals surface area contributed by atoms with Crippen molar-refractivity contribution in [2.75, 3.05) is 13.2 Å². The van der Waals surface area contributed by atoms with Gasteiger partial charge >= 0.3 is 11.9 Å². The smallest absolute Gasteiger partial charge is 0.308 e. The molecule has 0 aliphatic heterocycles. The highest BCUT2D eigenvalue weighted by molar-refractivity contribution is 5.75. The first-order valence-corrected chi connectivity index (χ1v) is 14.2. The second kappa shape index (κ2) is 15.1. The largest absolute Gasteiger partial charge is 0.465 e. The van der Waals surface area contributed by atoms with Crippen LogP contribution < -0.4 is 0 Å². The number of carbonyl (C=O) groups excluding carboxylic acids is 2. The van der Waals surface area contributed by atoms with E-state index in [2.05, 4.69) is 55.4 Å². The number of unbranched alkanes of at least 4 members (excludes halogenated alkanes) is 4. The predicted octanol–water partition coefficient (Wildman–Crippen LogP) is 8.36. The first kappa shape index (κ1) is 31.0. The lowest BCUT2D eigenvalue weighted by Gasteiger charge is -2.27. The van der Waals surface area contributed by atoms with Gasteiger partial charge in [0, 0.05) is 0 Å². The number of ether oxygens (including phenoxy) is 2. The third-order valence-electron chi connectivity index (χ3n) is 8.40. The number of hydrogen-bond donors (Lipinski definition) is 0. The second-order valence-corrected chi connectivity index (χ2v) is 13.1. The fourth-order valence-electron chi connectivity index (χ4n) is 4.47. The Bertz CT molecular complexity index is 524. The van der Waals surface area contributed by atoms with Crippen LogP contribution in [-0.2, 0) is 19.1 Å². The number of esters is 2. The van der Waals surface area contributed by atoms with Crippen LogP contribution in [0.3, 0.4) is 0 Å². The van der Waals surface area contributed by atoms with Crippen LogP contribution in [0.4, 0.5) is 0 Å². The van der Waals surface area contributed by atoms with Crippen molar-refractivity contribution in [3.05, 3.63) is 0 Å². The molecular formula is C30H56O4. The summed E-state index contributed by atoms with van der Waals surface area (Å²) in [6, 6.07) is 0. The Labute approximate surface area is 211 Å². The molecule has 0 N–H and O–H groups in total. The van der Waals surface area contributed by atoms with Gasteiger partial charge in [-0.05, 0) is 61.2 Å². The van der Waals surface area contributed by atoms with Crippen molar-refractivity contribution < 1.29 is 19.1 Å². The molecule has 0 spiro atoms. The third-order valence-corrected chi connectivity index (χ3v) is 8.40. The second-order valence-electron chi connectivity index (χ2n) is 13.1. The topological polar surface area (TPSA) is 52.6 Å². The van der Waals surface area contributed by atoms with Gasteiger partial charge in [0.15, 0.2) is 0 Å². The fraction of sp³-hybridized carbons (Fsp3) is 0.933. The predicted molar refractivity (Wildman–Crippen MR) is 142 cm³/mol. The summed E-state index contributed by atoms with van der Waals surface area (Å²) in [4.78, 5) is 24.8. The van der Waals surface area contributed by atoms with Gasteiger partial charge < -0.3 is 9.47 Å². The highest BCUT2D eigenvalue weighted by Crippen LogP contribution is 2.32. The van der Waals surface area contributed by atoms with Gasteiger partial charge in [0.25, 0.3) is 0 Å². The van der Waals surface area contributed by atoms with Crippen molar-refractivity contribution in [1.29, 1.82) is 0 Å². The molecule has 1 fully saturated rings. The summed E-state index contributed by atoms with van der Waals surface area (Å²) >= 11 is 0. The molecule has 1 rings (SSSR count). The maximum Gasteiger partial charge on any atom is 0.308 e. The summed E-state index contributed by atoms with van der Waals surface area (Å²) in [5.41, 5.74) is 0.727. The van der Waals surface area contributed by atoms with Crippen molar-refractivity contribution in [2.45, 2.75) is 132 Å². The zero-order valence-corrected chi connectivity index (χ0v) is 23.8. The van der Waals surface area contributed by atoms with E-state index in [1.807, 2.05) is 0 Å². The summed E-state index contributed by atoms with van der Waals surface area (Å²) in [5.74, 6) is 1.18. The standard InChI is InChI=1S/C30H56O4/c1-23(29(3,4)5)15-11-9-13-21-33-27(31)25-17-19-26(20-18-25)28(32)34-22-14-10-12-16-24(2)30(6,7)8/h23-26H,9-22H2,1-8H3. The highest BCUT2D eigenvalue weighted by atomic mass is 16.5. The highest BCUT2D eigenvalue weighted by Gasteiger charge is 2.31. The van der Waals surface area contributed by atoms with E-state index in [9.17, 15) is 9.59 Å². The first-order chi connectivity index (χ1) is 15.8. The minimum atomic E-state index is -0.0700. The van der Waals surface area contributed by atoms with Crippen LogP contribution in [0.15, 0.2) is 0 Å². The quantitative estimate of drug-likeness (QED) is 0.185. The average molecular weight is 481 g/mol. The SMILES string of the molecule is CC(CCCCCOC(=O)C1CCC(C(=O)OCCCCCC(C)C(C)(C)C)CC1)C(C)(C)C. The van der Waals surface area contributed by atoms with Crippen molar-refractivity contribution in [3.63, 3.8) is 0 Å². The zero-order chi connectivity index (χ0) is 25.8. The summed E-state index contributed by atoms with van der Waals surface area (Å²) in [6.07, 6.45) is 11.9. The van der Waals surface area contributed by atoms with Gasteiger partial charge in [-0.25, -0.2) is 0 Å². The van der Waals surface area contributed by atoms with E-state index in [0.29, 0.717) is 35.9 Å². The van der Waals surface area contributed by atoms with E-state index < -0.39 is 0 Å². The number of rotatable bonds is 14. The molecule has 0 heterocycles. The molecule has 1 aliphatic rings. The Morgan fingerprint density at radius 3 is 1.24 bits per heavy atom. The van der Waals surface area contributed by atoms with Gasteiger partial charge in [-0.2, -0.15) is 0 Å². The van der Waals surface area contributed by atoms with E-state index in [1.165, 1.54) is 25.7 Å². The summed E-state index contributed by atoms with van der Waals surface area (Å²) in [5, 5.41) is 0. The van der Waals surface area contributed by atoms with Crippen LogP contribution in [0.5, 0.6) is 0 Å². The van der Waals surface area contributed by atoms with Gasteiger partial charge in [0.05, 0.1) is 25.0 Å². The average Bonchev–Trinajstić information content (AvgIpc) is 2.76. The Morgan fingerprint density at radius 1 is 0.618 bits per heavy atom. The lowest BCUT2D eigenvalue weighted by Crippen LogP contribution is -2.28. The molecule has 0 bridgehead atoms. The van der Waals surface area contributed by atoms with Gasteiger partial charge in [-0.1, -0.05) is 93.9 Å². The molecule has 200 valence electrons. The molecule has 1 aliphatic carbocycles. The van der Waals surface area contributed by atoms with Gasteiger partial charge in [0.2, 0.25) is 0 Å². The lowest BCUT2D eigenvalue weighted by atomic mass is 9.79. The normalized spacial score (nSPS) is 21.1. The third kappa shape index (κ3) is 12.6. The molecule has 1 saturated carbocycles. The minimum absolute atomic E-state index is 0.0465. The first-order valence-electron chi connectivity index (χ1n) is 14.2. The van der Waals surface area contributed by atoms with Gasteiger partial charge in [-0.15, -0.1) is 0 Å². The molecule has 0 saturated heterocycles. The molecule has 0 aromatic carbocycles. The van der Waals surface area contributed by atoms with Crippen LogP contribution in [0.1, 0.15) is 132 Å². The maximum absolute atomic E-state index is 12.4. The maximum atomic E-state index is 12.4. The molecule has 4 nitrogen and oxygen atoms in total. The van der Waals surface area contributed by atoms with E-state index >= 15 is 0 Å². The van der Waals surface area contributed by atoms with Crippen molar-refractivity contribution in [1.82, 2.24) is 0 Å². The summed E-state index contributed by atoms with van der Waals surface area (Å²) in [6.45, 7) is 19.5. The van der Waals surface area contributed by atoms with Crippen LogP contribution in [0.25, 0.3) is 0 Å². The van der Waals surface area contributed by atoms with Crippen molar-refractivity contribution in [3.8, 4) is 0 Å². The minimum Gasteiger partial charge on any atom is -0.465 e. The lowest BCUT2D eigenvalue weighted by molar-refractivity contribution is -0.155. The van der Waals surface area contributed by atoms with Gasteiger partial charge in [0.1, 0.15) is 0 Å². The van der Waals surface area contributed by atoms with Crippen LogP contribution in [0, 0.1) is 34.5 Å². The van der Waals surface area contributed by atoms with E-state index in [1.54, 1.807) is 0 Å². The van der Waals surface area contributed by atoms with E-state index in [0.717, 1.165) is 51.4 Å². The molecule has 0 radical (unpaired) electrons. The molecule has 4 heteroatoms. The molecule has 34 heavy (non-hydrogen) atoms. The van der Waals surface area contributed by atoms with Crippen LogP contribution in [0.2, 0.25) is 0 Å². The van der Waals surface area contributed by atoms with Crippen molar-refractivity contribution >= 4 is 11.9 Å². The Balaban J connectivity index is 2.09. The molecule has 2 atom stereocenters. The van der Waals surface area contributed by atoms with E-state index in [-0.39, 0.29) is 23.8 Å². The summed E-state index contributed by atoms with van der Waals surface area (Å²) < 4.78 is 11.1. The number of carbonyl (C=O) groups is 2. The molecule has 0 aromatic heterocycles. The Morgan fingerprint density at radius 2 is 0.941 bits per heavy atom. The van der Waals surface area contributed by atoms with Crippen LogP contribution >= 0.6 is 0 Å². The monoisotopic (exact) mass is 480 g/mol. The zero-order valence-electron chi connectivity index (χ0n) is 23.8. The van der Waals surface area contributed by atoms with Crippen molar-refractivity contribution in [2.24, 2.45) is 34.5 Å². The Kier molecular flexibility index (Phi) is 13.8. The molecule has 0 amide bonds.